The molecule has 2 N–H and O–H groups in total. The smallest absolute Gasteiger partial charge is 0.331 e. The van der Waals surface area contributed by atoms with E-state index in [-0.39, 0.29) is 6.04 Å². The molecule has 0 radical (unpaired) electrons. The van der Waals surface area contributed by atoms with Crippen LogP contribution in [0.15, 0.2) is 18.2 Å². The van der Waals surface area contributed by atoms with Gasteiger partial charge in [0.15, 0.2) is 18.1 Å². The van der Waals surface area contributed by atoms with Gasteiger partial charge in [0.1, 0.15) is 0 Å². The molecule has 0 saturated heterocycles. The molecule has 3 amide bonds. The fraction of sp³-hybridized carbons (Fsp3) is 0.421. The molecule has 0 unspecified atom stereocenters. The molecular formula is C19H26N2O7. The fourth-order valence-corrected chi connectivity index (χ4v) is 2.07. The number of imide groups is 1. The molecule has 0 aliphatic heterocycles. The number of methoxy groups -OCH3 is 3. The van der Waals surface area contributed by atoms with Crippen LogP contribution in [0.25, 0.3) is 6.08 Å². The Hall–Kier alpha value is -3.23. The van der Waals surface area contributed by atoms with Crippen LogP contribution in [0, 0.1) is 0 Å². The second-order valence-electron chi connectivity index (χ2n) is 5.73. The van der Waals surface area contributed by atoms with Crippen molar-refractivity contribution < 1.29 is 33.3 Å². The highest BCUT2D eigenvalue weighted by Crippen LogP contribution is 2.38. The fourth-order valence-electron chi connectivity index (χ4n) is 2.07. The lowest BCUT2D eigenvalue weighted by Gasteiger charge is -2.12. The number of benzene rings is 1. The Morgan fingerprint density at radius 2 is 1.68 bits per heavy atom. The van der Waals surface area contributed by atoms with Gasteiger partial charge in [0.25, 0.3) is 5.91 Å². The number of nitrogens with one attached hydrogen (secondary N) is 2. The van der Waals surface area contributed by atoms with E-state index >= 15 is 0 Å². The van der Waals surface area contributed by atoms with E-state index in [2.05, 4.69) is 10.6 Å². The molecule has 0 bridgehead atoms. The third kappa shape index (κ3) is 7.18. The number of esters is 1. The molecule has 1 rings (SSSR count). The minimum Gasteiger partial charge on any atom is -0.493 e. The Balaban J connectivity index is 2.62. The minimum atomic E-state index is -0.744. The van der Waals surface area contributed by atoms with Crippen molar-refractivity contribution in [3.8, 4) is 17.2 Å². The van der Waals surface area contributed by atoms with Gasteiger partial charge < -0.3 is 24.3 Å². The summed E-state index contributed by atoms with van der Waals surface area (Å²) < 4.78 is 20.5. The first-order chi connectivity index (χ1) is 13.3. The van der Waals surface area contributed by atoms with Gasteiger partial charge in [-0.25, -0.2) is 9.59 Å². The normalized spacial score (nSPS) is 11.5. The van der Waals surface area contributed by atoms with Crippen molar-refractivity contribution in [2.45, 2.75) is 26.3 Å². The number of hydrogen-bond donors (Lipinski definition) is 2. The van der Waals surface area contributed by atoms with E-state index in [4.69, 9.17) is 18.9 Å². The zero-order valence-electron chi connectivity index (χ0n) is 16.7. The SMILES string of the molecule is CC[C@H](C)NC(=O)NC(=O)COC(=O)/C=C/c1cc(OC)c(OC)c(OC)c1. The van der Waals surface area contributed by atoms with E-state index in [9.17, 15) is 14.4 Å². The van der Waals surface area contributed by atoms with E-state index in [1.165, 1.54) is 27.4 Å². The first-order valence-corrected chi connectivity index (χ1v) is 8.59. The highest BCUT2D eigenvalue weighted by molar-refractivity contribution is 5.96. The van der Waals surface area contributed by atoms with Crippen molar-refractivity contribution in [3.63, 3.8) is 0 Å². The van der Waals surface area contributed by atoms with Crippen molar-refractivity contribution in [1.29, 1.82) is 0 Å². The summed E-state index contributed by atoms with van der Waals surface area (Å²) in [6.07, 6.45) is 3.34. The molecule has 154 valence electrons. The van der Waals surface area contributed by atoms with Crippen molar-refractivity contribution in [1.82, 2.24) is 10.6 Å². The van der Waals surface area contributed by atoms with Crippen molar-refractivity contribution in [3.05, 3.63) is 23.8 Å². The lowest BCUT2D eigenvalue weighted by Crippen LogP contribution is -2.44. The van der Waals surface area contributed by atoms with Gasteiger partial charge in [0.05, 0.1) is 21.3 Å². The summed E-state index contributed by atoms with van der Waals surface area (Å²) >= 11 is 0. The number of ether oxygens (including phenoxy) is 4. The van der Waals surface area contributed by atoms with E-state index < -0.39 is 24.5 Å². The second kappa shape index (κ2) is 11.5. The minimum absolute atomic E-state index is 0.0724. The number of urea groups is 1. The van der Waals surface area contributed by atoms with E-state index in [1.54, 1.807) is 19.1 Å². The zero-order valence-corrected chi connectivity index (χ0v) is 16.7. The molecule has 28 heavy (non-hydrogen) atoms. The van der Waals surface area contributed by atoms with E-state index in [1.807, 2.05) is 6.92 Å². The number of amides is 3. The molecule has 0 fully saturated rings. The summed E-state index contributed by atoms with van der Waals surface area (Å²) in [5.74, 6) is -0.179. The maximum absolute atomic E-state index is 11.8. The van der Waals surface area contributed by atoms with Crippen LogP contribution in [0.5, 0.6) is 17.2 Å². The average Bonchev–Trinajstić information content (AvgIpc) is 2.69. The Morgan fingerprint density at radius 1 is 1.07 bits per heavy atom. The average molecular weight is 394 g/mol. The first kappa shape index (κ1) is 22.8. The van der Waals surface area contributed by atoms with Crippen LogP contribution in [-0.4, -0.2) is 51.9 Å². The Morgan fingerprint density at radius 3 is 2.18 bits per heavy atom. The molecule has 0 heterocycles. The summed E-state index contributed by atoms with van der Waals surface area (Å²) in [4.78, 5) is 34.9. The molecule has 1 aromatic rings. The maximum Gasteiger partial charge on any atom is 0.331 e. The molecule has 0 spiro atoms. The molecule has 1 atom stereocenters. The monoisotopic (exact) mass is 394 g/mol. The van der Waals surface area contributed by atoms with Gasteiger partial charge in [-0.15, -0.1) is 0 Å². The predicted octanol–water partition coefficient (Wildman–Crippen LogP) is 1.89. The summed E-state index contributed by atoms with van der Waals surface area (Å²) in [6, 6.07) is 2.59. The number of rotatable bonds is 9. The lowest BCUT2D eigenvalue weighted by molar-refractivity contribution is -0.143. The van der Waals surface area contributed by atoms with Gasteiger partial charge in [0, 0.05) is 12.1 Å². The molecular weight excluding hydrogens is 368 g/mol. The summed E-state index contributed by atoms with van der Waals surface area (Å²) in [5.41, 5.74) is 0.601. The number of carbonyl (C=O) groups is 3. The first-order valence-electron chi connectivity index (χ1n) is 8.59. The third-order valence-electron chi connectivity index (χ3n) is 3.69. The number of hydrogen-bond acceptors (Lipinski definition) is 7. The molecule has 9 heteroatoms. The Labute approximate surface area is 164 Å². The van der Waals surface area contributed by atoms with Crippen LogP contribution in [0.3, 0.4) is 0 Å². The van der Waals surface area contributed by atoms with E-state index in [0.29, 0.717) is 22.8 Å². The molecule has 9 nitrogen and oxygen atoms in total. The van der Waals surface area contributed by atoms with Gasteiger partial charge in [-0.2, -0.15) is 0 Å². The lowest BCUT2D eigenvalue weighted by atomic mass is 10.1. The van der Waals surface area contributed by atoms with Crippen molar-refractivity contribution in [2.75, 3.05) is 27.9 Å². The standard InChI is InChI=1S/C19H26N2O7/c1-6-12(2)20-19(24)21-16(22)11-28-17(23)8-7-13-9-14(25-3)18(27-5)15(10-13)26-4/h7-10,12H,6,11H2,1-5H3,(H2,20,21,22,24)/b8-7+/t12-/m0/s1. The van der Waals surface area contributed by atoms with Crippen LogP contribution < -0.4 is 24.8 Å². The maximum atomic E-state index is 11.8. The van der Waals surface area contributed by atoms with Crippen molar-refractivity contribution in [2.24, 2.45) is 0 Å². The molecule has 0 aliphatic carbocycles. The predicted molar refractivity (Wildman–Crippen MR) is 103 cm³/mol. The summed E-state index contributed by atoms with van der Waals surface area (Å²) in [5, 5.41) is 4.65. The van der Waals surface area contributed by atoms with Gasteiger partial charge in [0.2, 0.25) is 5.75 Å². The highest BCUT2D eigenvalue weighted by Gasteiger charge is 2.13. The van der Waals surface area contributed by atoms with Gasteiger partial charge >= 0.3 is 12.0 Å². The van der Waals surface area contributed by atoms with Crippen LogP contribution >= 0.6 is 0 Å². The van der Waals surface area contributed by atoms with Gasteiger partial charge in [-0.05, 0) is 37.1 Å². The van der Waals surface area contributed by atoms with Crippen LogP contribution in [-0.2, 0) is 14.3 Å². The van der Waals surface area contributed by atoms with E-state index in [0.717, 1.165) is 12.5 Å². The molecule has 0 aliphatic rings. The Bertz CT molecular complexity index is 706. The number of carbonyl (C=O) groups excluding carboxylic acids is 3. The topological polar surface area (TPSA) is 112 Å². The van der Waals surface area contributed by atoms with Crippen LogP contribution in [0.2, 0.25) is 0 Å². The van der Waals surface area contributed by atoms with Crippen LogP contribution in [0.4, 0.5) is 4.79 Å². The Kier molecular flexibility index (Phi) is 9.35. The highest BCUT2D eigenvalue weighted by atomic mass is 16.5. The van der Waals surface area contributed by atoms with Crippen molar-refractivity contribution >= 4 is 24.0 Å². The largest absolute Gasteiger partial charge is 0.493 e. The second-order valence-corrected chi connectivity index (χ2v) is 5.73. The molecule has 0 saturated carbocycles. The summed E-state index contributed by atoms with van der Waals surface area (Å²) in [6.45, 7) is 3.12. The third-order valence-corrected chi connectivity index (χ3v) is 3.69. The van der Waals surface area contributed by atoms with Gasteiger partial charge in [-0.3, -0.25) is 10.1 Å². The summed E-state index contributed by atoms with van der Waals surface area (Å²) in [7, 11) is 4.45. The molecule has 0 aromatic heterocycles. The van der Waals surface area contributed by atoms with Crippen LogP contribution in [0.1, 0.15) is 25.8 Å². The molecule has 1 aromatic carbocycles. The zero-order chi connectivity index (χ0) is 21.1. The quantitative estimate of drug-likeness (QED) is 0.486. The van der Waals surface area contributed by atoms with Gasteiger partial charge in [-0.1, -0.05) is 6.92 Å².